The lowest BCUT2D eigenvalue weighted by Gasteiger charge is -1.98. The van der Waals surface area contributed by atoms with Crippen LogP contribution >= 0.6 is 0 Å². The summed E-state index contributed by atoms with van der Waals surface area (Å²) in [6.07, 6.45) is 2.93. The molecule has 0 fully saturated rings. The summed E-state index contributed by atoms with van der Waals surface area (Å²) in [4.78, 5) is 11.7. The molecule has 0 aliphatic rings. The Kier molecular flexibility index (Phi) is 4.99. The summed E-state index contributed by atoms with van der Waals surface area (Å²) >= 11 is 0. The maximum atomic E-state index is 13.7. The van der Waals surface area contributed by atoms with Gasteiger partial charge in [0.1, 0.15) is 23.9 Å². The Morgan fingerprint density at radius 3 is 2.68 bits per heavy atom. The van der Waals surface area contributed by atoms with Crippen molar-refractivity contribution in [2.24, 2.45) is 0 Å². The standard InChI is InChI=1S/C19H13F2NO3/c20-14-7-8-16(17(21)10-14)18-11-15(22-25-18)12-24-19(23)9-6-13-4-2-1-3-5-13/h1-11H,12H2/b9-6-. The fourth-order valence-corrected chi connectivity index (χ4v) is 2.12. The number of nitrogens with zero attached hydrogens (tertiary/aromatic N) is 1. The number of benzene rings is 2. The van der Waals surface area contributed by atoms with E-state index in [4.69, 9.17) is 9.26 Å². The summed E-state index contributed by atoms with van der Waals surface area (Å²) in [5.74, 6) is -1.85. The van der Waals surface area contributed by atoms with Crippen LogP contribution in [-0.4, -0.2) is 11.1 Å². The molecule has 4 nitrogen and oxygen atoms in total. The van der Waals surface area contributed by atoms with Crippen molar-refractivity contribution in [1.29, 1.82) is 0 Å². The zero-order chi connectivity index (χ0) is 17.6. The third kappa shape index (κ3) is 4.38. The van der Waals surface area contributed by atoms with Crippen LogP contribution in [0.4, 0.5) is 8.78 Å². The third-order valence-electron chi connectivity index (χ3n) is 3.33. The largest absolute Gasteiger partial charge is 0.456 e. The number of hydrogen-bond donors (Lipinski definition) is 0. The first kappa shape index (κ1) is 16.6. The quantitative estimate of drug-likeness (QED) is 0.511. The molecule has 0 N–H and O–H groups in total. The number of aromatic nitrogens is 1. The van der Waals surface area contributed by atoms with Crippen LogP contribution in [0.15, 0.2) is 65.2 Å². The Hall–Kier alpha value is -3.28. The van der Waals surface area contributed by atoms with E-state index in [1.165, 1.54) is 18.2 Å². The zero-order valence-electron chi connectivity index (χ0n) is 13.0. The van der Waals surface area contributed by atoms with Gasteiger partial charge in [-0.05, 0) is 23.8 Å². The minimum atomic E-state index is -0.759. The van der Waals surface area contributed by atoms with Gasteiger partial charge in [-0.25, -0.2) is 13.6 Å². The summed E-state index contributed by atoms with van der Waals surface area (Å²) < 4.78 is 36.7. The Bertz CT molecular complexity index is 904. The molecule has 126 valence electrons. The Balaban J connectivity index is 1.60. The van der Waals surface area contributed by atoms with Gasteiger partial charge in [0.2, 0.25) is 0 Å². The molecule has 6 heteroatoms. The maximum Gasteiger partial charge on any atom is 0.331 e. The highest BCUT2D eigenvalue weighted by molar-refractivity contribution is 5.87. The second kappa shape index (κ2) is 7.53. The van der Waals surface area contributed by atoms with E-state index in [0.29, 0.717) is 5.69 Å². The summed E-state index contributed by atoms with van der Waals surface area (Å²) in [5, 5.41) is 3.71. The van der Waals surface area contributed by atoms with Crippen molar-refractivity contribution in [2.45, 2.75) is 6.61 Å². The van der Waals surface area contributed by atoms with Gasteiger partial charge in [-0.3, -0.25) is 0 Å². The topological polar surface area (TPSA) is 52.3 Å². The zero-order valence-corrected chi connectivity index (χ0v) is 13.0. The Morgan fingerprint density at radius 1 is 1.12 bits per heavy atom. The van der Waals surface area contributed by atoms with E-state index in [2.05, 4.69) is 5.16 Å². The van der Waals surface area contributed by atoms with Crippen LogP contribution in [0.2, 0.25) is 0 Å². The smallest absolute Gasteiger partial charge is 0.331 e. The molecule has 1 aromatic heterocycles. The molecule has 0 amide bonds. The normalized spacial score (nSPS) is 11.0. The van der Waals surface area contributed by atoms with Crippen molar-refractivity contribution in [3.05, 3.63) is 83.6 Å². The van der Waals surface area contributed by atoms with Gasteiger partial charge in [0.05, 0.1) is 5.56 Å². The molecule has 0 bridgehead atoms. The minimum Gasteiger partial charge on any atom is -0.456 e. The lowest BCUT2D eigenvalue weighted by molar-refractivity contribution is -0.139. The monoisotopic (exact) mass is 341 g/mol. The van der Waals surface area contributed by atoms with Gasteiger partial charge in [0, 0.05) is 18.2 Å². The molecule has 25 heavy (non-hydrogen) atoms. The number of carbonyl (C=O) groups is 1. The molecule has 3 aromatic rings. The molecule has 3 rings (SSSR count). The van der Waals surface area contributed by atoms with E-state index in [-0.39, 0.29) is 17.9 Å². The Morgan fingerprint density at radius 2 is 1.92 bits per heavy atom. The van der Waals surface area contributed by atoms with Crippen molar-refractivity contribution >= 4 is 12.0 Å². The van der Waals surface area contributed by atoms with Gasteiger partial charge >= 0.3 is 5.97 Å². The molecular weight excluding hydrogens is 328 g/mol. The van der Waals surface area contributed by atoms with E-state index >= 15 is 0 Å². The average molecular weight is 341 g/mol. The summed E-state index contributed by atoms with van der Waals surface area (Å²) in [5.41, 5.74) is 1.27. The van der Waals surface area contributed by atoms with Gasteiger partial charge in [0.25, 0.3) is 0 Å². The first-order valence-corrected chi connectivity index (χ1v) is 7.43. The van der Waals surface area contributed by atoms with Gasteiger partial charge < -0.3 is 9.26 Å². The highest BCUT2D eigenvalue weighted by atomic mass is 19.1. The van der Waals surface area contributed by atoms with Gasteiger partial charge in [-0.1, -0.05) is 35.5 Å². The van der Waals surface area contributed by atoms with Crippen molar-refractivity contribution in [1.82, 2.24) is 5.16 Å². The summed E-state index contributed by atoms with van der Waals surface area (Å²) in [6, 6.07) is 13.9. The fourth-order valence-electron chi connectivity index (χ4n) is 2.12. The number of carbonyl (C=O) groups excluding carboxylic acids is 1. The van der Waals surface area contributed by atoms with Crippen LogP contribution in [0, 0.1) is 11.6 Å². The van der Waals surface area contributed by atoms with E-state index in [9.17, 15) is 13.6 Å². The SMILES string of the molecule is O=C(/C=C\c1ccccc1)OCc1cc(-c2ccc(F)cc2F)on1. The molecule has 0 unspecified atom stereocenters. The maximum absolute atomic E-state index is 13.7. The molecule has 0 aliphatic carbocycles. The van der Waals surface area contributed by atoms with Crippen molar-refractivity contribution in [3.63, 3.8) is 0 Å². The second-order valence-electron chi connectivity index (χ2n) is 5.16. The molecule has 2 aromatic carbocycles. The van der Waals surface area contributed by atoms with Crippen LogP contribution in [-0.2, 0) is 16.1 Å². The molecule has 0 saturated heterocycles. The predicted molar refractivity (Wildman–Crippen MR) is 87.1 cm³/mol. The van der Waals surface area contributed by atoms with Crippen LogP contribution in [0.1, 0.15) is 11.3 Å². The highest BCUT2D eigenvalue weighted by Gasteiger charge is 2.13. The van der Waals surface area contributed by atoms with E-state index in [0.717, 1.165) is 17.7 Å². The van der Waals surface area contributed by atoms with E-state index in [1.54, 1.807) is 6.08 Å². The number of hydrogen-bond acceptors (Lipinski definition) is 4. The number of ether oxygens (including phenoxy) is 1. The molecule has 0 radical (unpaired) electrons. The van der Waals surface area contributed by atoms with Crippen LogP contribution in [0.25, 0.3) is 17.4 Å². The lowest BCUT2D eigenvalue weighted by atomic mass is 10.1. The Labute approximate surface area is 142 Å². The number of esters is 1. The van der Waals surface area contributed by atoms with Crippen molar-refractivity contribution in [2.75, 3.05) is 0 Å². The first-order chi connectivity index (χ1) is 12.1. The average Bonchev–Trinajstić information content (AvgIpc) is 3.08. The van der Waals surface area contributed by atoms with Crippen molar-refractivity contribution in [3.8, 4) is 11.3 Å². The molecule has 1 heterocycles. The second-order valence-corrected chi connectivity index (χ2v) is 5.16. The number of rotatable bonds is 5. The van der Waals surface area contributed by atoms with E-state index in [1.807, 2.05) is 30.3 Å². The summed E-state index contributed by atoms with van der Waals surface area (Å²) in [6.45, 7) is -0.121. The van der Waals surface area contributed by atoms with Gasteiger partial charge in [0.15, 0.2) is 5.76 Å². The van der Waals surface area contributed by atoms with Crippen LogP contribution in [0.5, 0.6) is 0 Å². The van der Waals surface area contributed by atoms with Gasteiger partial charge in [-0.2, -0.15) is 0 Å². The van der Waals surface area contributed by atoms with Gasteiger partial charge in [-0.15, -0.1) is 0 Å². The minimum absolute atomic E-state index is 0.0791. The lowest BCUT2D eigenvalue weighted by Crippen LogP contribution is -2.00. The molecular formula is C19H13F2NO3. The molecule has 0 aliphatic heterocycles. The summed E-state index contributed by atoms with van der Waals surface area (Å²) in [7, 11) is 0. The molecule has 0 spiro atoms. The van der Waals surface area contributed by atoms with Crippen LogP contribution in [0.3, 0.4) is 0 Å². The third-order valence-corrected chi connectivity index (χ3v) is 3.33. The molecule has 0 atom stereocenters. The fraction of sp³-hybridized carbons (Fsp3) is 0.0526. The number of halogens is 2. The first-order valence-electron chi connectivity index (χ1n) is 7.43. The van der Waals surface area contributed by atoms with E-state index < -0.39 is 17.6 Å². The van der Waals surface area contributed by atoms with Crippen molar-refractivity contribution < 1.29 is 22.8 Å². The molecule has 0 saturated carbocycles. The predicted octanol–water partition coefficient (Wildman–Crippen LogP) is 4.38. The van der Waals surface area contributed by atoms with Crippen LogP contribution < -0.4 is 0 Å². The highest BCUT2D eigenvalue weighted by Crippen LogP contribution is 2.24.